The Kier molecular flexibility index (Phi) is 6.12. The number of anilines is 1. The van der Waals surface area contributed by atoms with E-state index in [-0.39, 0.29) is 30.1 Å². The molecule has 0 saturated carbocycles. The topological polar surface area (TPSA) is 67.4 Å². The molecule has 144 valence electrons. The zero-order chi connectivity index (χ0) is 18.7. The molecule has 6 heteroatoms. The van der Waals surface area contributed by atoms with Gasteiger partial charge in [0, 0.05) is 30.8 Å². The van der Waals surface area contributed by atoms with Crippen molar-refractivity contribution in [2.45, 2.75) is 78.0 Å². The second kappa shape index (κ2) is 8.33. The number of carbonyl (C=O) groups excluding carboxylic acids is 1. The third-order valence-corrected chi connectivity index (χ3v) is 5.54. The molecular weight excluding hydrogens is 328 g/mol. The number of rotatable bonds is 5. The van der Waals surface area contributed by atoms with Gasteiger partial charge in [-0.1, -0.05) is 13.8 Å². The highest BCUT2D eigenvalue weighted by Crippen LogP contribution is 2.30. The summed E-state index contributed by atoms with van der Waals surface area (Å²) in [6.07, 6.45) is 7.03. The molecule has 6 nitrogen and oxygen atoms in total. The number of ether oxygens (including phenoxy) is 1. The zero-order valence-electron chi connectivity index (χ0n) is 16.5. The minimum Gasteiger partial charge on any atom is -0.372 e. The van der Waals surface area contributed by atoms with Crippen LogP contribution in [0.5, 0.6) is 0 Å². The molecular formula is C20H32N4O2. The van der Waals surface area contributed by atoms with Crippen molar-refractivity contribution in [2.75, 3.05) is 18.0 Å². The third kappa shape index (κ3) is 4.17. The summed E-state index contributed by atoms with van der Waals surface area (Å²) in [5.74, 6) is 1.04. The van der Waals surface area contributed by atoms with Crippen molar-refractivity contribution in [3.8, 4) is 0 Å². The largest absolute Gasteiger partial charge is 0.372 e. The molecule has 1 fully saturated rings. The quantitative estimate of drug-likeness (QED) is 0.874. The number of hydrogen-bond donors (Lipinski definition) is 1. The summed E-state index contributed by atoms with van der Waals surface area (Å²) < 4.78 is 5.81. The first-order chi connectivity index (χ1) is 12.5. The van der Waals surface area contributed by atoms with E-state index in [1.165, 1.54) is 0 Å². The standard InChI is InChI=1S/C20H32N4O2/c1-5-15(6-2)19(25)22-17-8-7-9-18-16(17)10-21-20(23-18)24-11-13(3)26-14(4)12-24/h10,13-15,17H,5-9,11-12H2,1-4H3,(H,22,25)/t13-,14-,17+/m0/s1. The molecule has 2 aliphatic rings. The number of nitrogens with zero attached hydrogens (tertiary/aromatic N) is 3. The highest BCUT2D eigenvalue weighted by Gasteiger charge is 2.28. The molecule has 1 aliphatic heterocycles. The molecule has 1 aromatic rings. The number of aromatic nitrogens is 2. The van der Waals surface area contributed by atoms with Gasteiger partial charge in [0.25, 0.3) is 0 Å². The Balaban J connectivity index is 1.76. The monoisotopic (exact) mass is 360 g/mol. The van der Waals surface area contributed by atoms with Gasteiger partial charge in [0.15, 0.2) is 0 Å². The average Bonchev–Trinajstić information content (AvgIpc) is 2.61. The van der Waals surface area contributed by atoms with E-state index in [9.17, 15) is 4.79 Å². The minimum atomic E-state index is 0.0448. The molecule has 26 heavy (non-hydrogen) atoms. The summed E-state index contributed by atoms with van der Waals surface area (Å²) in [4.78, 5) is 24.2. The Morgan fingerprint density at radius 2 is 2.00 bits per heavy atom. The normalized spacial score (nSPS) is 25.9. The fourth-order valence-electron chi connectivity index (χ4n) is 4.13. The molecule has 0 aromatic carbocycles. The van der Waals surface area contributed by atoms with Crippen molar-refractivity contribution >= 4 is 11.9 Å². The highest BCUT2D eigenvalue weighted by atomic mass is 16.5. The molecule has 1 N–H and O–H groups in total. The first kappa shape index (κ1) is 19.1. The van der Waals surface area contributed by atoms with Crippen LogP contribution in [0.15, 0.2) is 6.20 Å². The maximum absolute atomic E-state index is 12.5. The van der Waals surface area contributed by atoms with Gasteiger partial charge >= 0.3 is 0 Å². The molecule has 0 unspecified atom stereocenters. The summed E-state index contributed by atoms with van der Waals surface area (Å²) in [6, 6.07) is 0.0448. The van der Waals surface area contributed by atoms with Crippen molar-refractivity contribution in [3.05, 3.63) is 17.5 Å². The fourth-order valence-corrected chi connectivity index (χ4v) is 4.13. The van der Waals surface area contributed by atoms with Crippen molar-refractivity contribution in [1.29, 1.82) is 0 Å². The van der Waals surface area contributed by atoms with E-state index in [1.54, 1.807) is 0 Å². The molecule has 0 bridgehead atoms. The SMILES string of the molecule is CCC(CC)C(=O)N[C@@H]1CCCc2nc(N3C[C@H](C)O[C@@H](C)C3)ncc21. The van der Waals surface area contributed by atoms with Crippen molar-refractivity contribution in [3.63, 3.8) is 0 Å². The van der Waals surface area contributed by atoms with Gasteiger partial charge in [0.05, 0.1) is 23.9 Å². The predicted octanol–water partition coefficient (Wildman–Crippen LogP) is 3.02. The summed E-state index contributed by atoms with van der Waals surface area (Å²) in [7, 11) is 0. The maximum Gasteiger partial charge on any atom is 0.225 e. The minimum absolute atomic E-state index is 0.0448. The summed E-state index contributed by atoms with van der Waals surface area (Å²) in [5.41, 5.74) is 2.18. The van der Waals surface area contributed by atoms with Gasteiger partial charge in [-0.05, 0) is 46.0 Å². The van der Waals surface area contributed by atoms with Crippen LogP contribution in [0.1, 0.15) is 70.7 Å². The van der Waals surface area contributed by atoms with E-state index in [1.807, 2.05) is 6.20 Å². The van der Waals surface area contributed by atoms with Gasteiger partial charge in [-0.2, -0.15) is 0 Å². The molecule has 1 amide bonds. The number of amides is 1. The van der Waals surface area contributed by atoms with Crippen LogP contribution in [0.25, 0.3) is 0 Å². The Labute approximate surface area is 156 Å². The summed E-state index contributed by atoms with van der Waals surface area (Å²) >= 11 is 0. The van der Waals surface area contributed by atoms with Crippen LogP contribution in [0.2, 0.25) is 0 Å². The number of morpholine rings is 1. The van der Waals surface area contributed by atoms with Gasteiger partial charge in [0.2, 0.25) is 11.9 Å². The van der Waals surface area contributed by atoms with Crippen molar-refractivity contribution in [1.82, 2.24) is 15.3 Å². The van der Waals surface area contributed by atoms with Crippen LogP contribution in [0, 0.1) is 5.92 Å². The molecule has 2 heterocycles. The van der Waals surface area contributed by atoms with Crippen LogP contribution >= 0.6 is 0 Å². The lowest BCUT2D eigenvalue weighted by Crippen LogP contribution is -2.46. The van der Waals surface area contributed by atoms with Crippen LogP contribution < -0.4 is 10.2 Å². The second-order valence-corrected chi connectivity index (χ2v) is 7.70. The lowest BCUT2D eigenvalue weighted by molar-refractivity contribution is -0.126. The number of hydrogen-bond acceptors (Lipinski definition) is 5. The number of aryl methyl sites for hydroxylation is 1. The zero-order valence-corrected chi connectivity index (χ0v) is 16.5. The van der Waals surface area contributed by atoms with E-state index in [4.69, 9.17) is 9.72 Å². The van der Waals surface area contributed by atoms with Crippen LogP contribution in [0.3, 0.4) is 0 Å². The van der Waals surface area contributed by atoms with Gasteiger partial charge in [0.1, 0.15) is 0 Å². The Morgan fingerprint density at radius 1 is 1.31 bits per heavy atom. The summed E-state index contributed by atoms with van der Waals surface area (Å²) in [6.45, 7) is 9.95. The van der Waals surface area contributed by atoms with E-state index in [2.05, 4.69) is 42.9 Å². The van der Waals surface area contributed by atoms with E-state index in [0.717, 1.165) is 62.4 Å². The molecule has 1 aromatic heterocycles. The maximum atomic E-state index is 12.5. The number of nitrogens with one attached hydrogen (secondary N) is 1. The Morgan fingerprint density at radius 3 is 2.65 bits per heavy atom. The Bertz CT molecular complexity index is 622. The lowest BCUT2D eigenvalue weighted by Gasteiger charge is -2.36. The van der Waals surface area contributed by atoms with Crippen LogP contribution in [-0.2, 0) is 16.0 Å². The van der Waals surface area contributed by atoms with E-state index >= 15 is 0 Å². The fraction of sp³-hybridized carbons (Fsp3) is 0.750. The third-order valence-electron chi connectivity index (χ3n) is 5.54. The predicted molar refractivity (Wildman–Crippen MR) is 102 cm³/mol. The molecule has 3 rings (SSSR count). The first-order valence-electron chi connectivity index (χ1n) is 10.1. The van der Waals surface area contributed by atoms with Crippen molar-refractivity contribution in [2.24, 2.45) is 5.92 Å². The molecule has 0 spiro atoms. The number of carbonyl (C=O) groups is 1. The molecule has 0 radical (unpaired) electrons. The molecule has 3 atom stereocenters. The van der Waals surface area contributed by atoms with Gasteiger partial charge in [-0.15, -0.1) is 0 Å². The van der Waals surface area contributed by atoms with E-state index in [0.29, 0.717) is 0 Å². The molecule has 1 aliphatic carbocycles. The number of fused-ring (bicyclic) bond motifs is 1. The highest BCUT2D eigenvalue weighted by molar-refractivity contribution is 5.79. The summed E-state index contributed by atoms with van der Waals surface area (Å²) in [5, 5.41) is 3.24. The average molecular weight is 361 g/mol. The molecule has 1 saturated heterocycles. The van der Waals surface area contributed by atoms with Gasteiger partial charge < -0.3 is 15.0 Å². The van der Waals surface area contributed by atoms with Crippen LogP contribution in [0.4, 0.5) is 5.95 Å². The van der Waals surface area contributed by atoms with Crippen molar-refractivity contribution < 1.29 is 9.53 Å². The van der Waals surface area contributed by atoms with Gasteiger partial charge in [-0.3, -0.25) is 4.79 Å². The first-order valence-corrected chi connectivity index (χ1v) is 10.1. The smallest absolute Gasteiger partial charge is 0.225 e. The van der Waals surface area contributed by atoms with E-state index < -0.39 is 0 Å². The second-order valence-electron chi connectivity index (χ2n) is 7.70. The van der Waals surface area contributed by atoms with Gasteiger partial charge in [-0.25, -0.2) is 9.97 Å². The lowest BCUT2D eigenvalue weighted by atomic mass is 9.91. The van der Waals surface area contributed by atoms with Crippen LogP contribution in [-0.4, -0.2) is 41.2 Å². The Hall–Kier alpha value is -1.69.